The molecular weight excluding hydrogens is 348 g/mol. The van der Waals surface area contributed by atoms with Gasteiger partial charge in [0.25, 0.3) is 5.91 Å². The lowest BCUT2D eigenvalue weighted by molar-refractivity contribution is 0.0988. The van der Waals surface area contributed by atoms with Gasteiger partial charge in [0.1, 0.15) is 0 Å². The van der Waals surface area contributed by atoms with Crippen LogP contribution in [0, 0.1) is 12.8 Å². The Hall–Kier alpha value is -2.18. The molecule has 5 nitrogen and oxygen atoms in total. The maximum atomic E-state index is 12.9. The fourth-order valence-electron chi connectivity index (χ4n) is 2.55. The van der Waals surface area contributed by atoms with Gasteiger partial charge in [0.05, 0.1) is 4.90 Å². The molecule has 2 rings (SSSR count). The van der Waals surface area contributed by atoms with Crippen molar-refractivity contribution < 1.29 is 13.2 Å². The van der Waals surface area contributed by atoms with E-state index in [2.05, 4.69) is 4.72 Å². The van der Waals surface area contributed by atoms with E-state index in [-0.39, 0.29) is 16.7 Å². The van der Waals surface area contributed by atoms with Gasteiger partial charge in [-0.05, 0) is 55.7 Å². The number of hydrogen-bond acceptors (Lipinski definition) is 3. The summed E-state index contributed by atoms with van der Waals surface area (Å²) in [5.41, 5.74) is 2.20. The van der Waals surface area contributed by atoms with Crippen molar-refractivity contribution in [2.75, 3.05) is 18.0 Å². The summed E-state index contributed by atoms with van der Waals surface area (Å²) in [6, 6.07) is 13.9. The molecule has 0 unspecified atom stereocenters. The Labute approximate surface area is 156 Å². The number of carbonyl (C=O) groups is 1. The molecule has 2 aromatic rings. The minimum atomic E-state index is -3.64. The van der Waals surface area contributed by atoms with Crippen LogP contribution in [0.3, 0.4) is 0 Å². The predicted octanol–water partition coefficient (Wildman–Crippen LogP) is 3.60. The molecule has 0 aliphatic carbocycles. The Balaban J connectivity index is 2.32. The average Bonchev–Trinajstić information content (AvgIpc) is 2.61. The second kappa shape index (κ2) is 8.47. The fourth-order valence-corrected chi connectivity index (χ4v) is 3.81. The van der Waals surface area contributed by atoms with E-state index < -0.39 is 10.0 Å². The van der Waals surface area contributed by atoms with Gasteiger partial charge in [0, 0.05) is 24.3 Å². The highest BCUT2D eigenvalue weighted by atomic mass is 32.2. The zero-order valence-electron chi connectivity index (χ0n) is 15.7. The number of rotatable bonds is 7. The van der Waals surface area contributed by atoms with Crippen LogP contribution in [0.2, 0.25) is 0 Å². The summed E-state index contributed by atoms with van der Waals surface area (Å²) in [4.78, 5) is 14.7. The number of carbonyl (C=O) groups excluding carboxylic acids is 1. The normalized spacial score (nSPS) is 11.6. The van der Waals surface area contributed by atoms with Crippen molar-refractivity contribution in [1.82, 2.24) is 4.72 Å². The van der Waals surface area contributed by atoms with Crippen LogP contribution >= 0.6 is 0 Å². The molecule has 26 heavy (non-hydrogen) atoms. The van der Waals surface area contributed by atoms with Crippen LogP contribution in [0.25, 0.3) is 0 Å². The van der Waals surface area contributed by atoms with E-state index in [1.54, 1.807) is 17.0 Å². The molecule has 0 aromatic heterocycles. The summed E-state index contributed by atoms with van der Waals surface area (Å²) < 4.78 is 27.4. The van der Waals surface area contributed by atoms with Crippen LogP contribution in [0.1, 0.15) is 36.7 Å². The topological polar surface area (TPSA) is 66.5 Å². The Kier molecular flexibility index (Phi) is 6.56. The molecule has 0 fully saturated rings. The smallest absolute Gasteiger partial charge is 0.258 e. The number of anilines is 1. The number of nitrogens with zero attached hydrogens (tertiary/aromatic N) is 1. The molecule has 0 heterocycles. The predicted molar refractivity (Wildman–Crippen MR) is 105 cm³/mol. The van der Waals surface area contributed by atoms with Crippen LogP contribution < -0.4 is 9.62 Å². The van der Waals surface area contributed by atoms with Gasteiger partial charge in [0.15, 0.2) is 0 Å². The van der Waals surface area contributed by atoms with Crippen LogP contribution in [-0.2, 0) is 10.0 Å². The Morgan fingerprint density at radius 2 is 1.81 bits per heavy atom. The fraction of sp³-hybridized carbons (Fsp3) is 0.350. The summed E-state index contributed by atoms with van der Waals surface area (Å²) in [6.45, 7) is 8.57. The minimum absolute atomic E-state index is 0.101. The van der Waals surface area contributed by atoms with Gasteiger partial charge >= 0.3 is 0 Å². The lowest BCUT2D eigenvalue weighted by Gasteiger charge is -2.22. The Morgan fingerprint density at radius 1 is 1.12 bits per heavy atom. The Bertz CT molecular complexity index is 876. The molecule has 1 amide bonds. The number of aryl methyl sites for hydroxylation is 1. The van der Waals surface area contributed by atoms with Gasteiger partial charge in [-0.3, -0.25) is 4.79 Å². The van der Waals surface area contributed by atoms with Gasteiger partial charge in [0.2, 0.25) is 10.0 Å². The third-order valence-electron chi connectivity index (χ3n) is 3.95. The summed E-state index contributed by atoms with van der Waals surface area (Å²) >= 11 is 0. The van der Waals surface area contributed by atoms with E-state index in [0.717, 1.165) is 11.3 Å². The number of amides is 1. The standard InChI is InChI=1S/C20H26N2O3S/c1-5-22(18-10-6-8-16(4)12-18)20(23)17-9-7-11-19(13-17)26(24,25)21-14-15(2)3/h6-13,15,21H,5,14H2,1-4H3. The van der Waals surface area contributed by atoms with Crippen molar-refractivity contribution in [2.45, 2.75) is 32.6 Å². The molecule has 0 aliphatic rings. The first-order chi connectivity index (χ1) is 12.2. The summed E-state index contributed by atoms with van der Waals surface area (Å²) in [6.07, 6.45) is 0. The van der Waals surface area contributed by atoms with E-state index in [1.807, 2.05) is 52.0 Å². The lowest BCUT2D eigenvalue weighted by atomic mass is 10.1. The van der Waals surface area contributed by atoms with E-state index in [9.17, 15) is 13.2 Å². The molecule has 0 aliphatic heterocycles. The highest BCUT2D eigenvalue weighted by molar-refractivity contribution is 7.89. The molecule has 2 aromatic carbocycles. The first-order valence-electron chi connectivity index (χ1n) is 8.73. The van der Waals surface area contributed by atoms with Gasteiger partial charge in [-0.1, -0.05) is 32.0 Å². The second-order valence-electron chi connectivity index (χ2n) is 6.66. The monoisotopic (exact) mass is 374 g/mol. The molecule has 0 saturated heterocycles. The van der Waals surface area contributed by atoms with E-state index >= 15 is 0 Å². The van der Waals surface area contributed by atoms with Crippen LogP contribution in [0.4, 0.5) is 5.69 Å². The molecule has 0 atom stereocenters. The quantitative estimate of drug-likeness (QED) is 0.805. The van der Waals surface area contributed by atoms with Crippen LogP contribution in [0.15, 0.2) is 53.4 Å². The molecule has 140 valence electrons. The number of sulfonamides is 1. The first-order valence-corrected chi connectivity index (χ1v) is 10.2. The maximum absolute atomic E-state index is 12.9. The zero-order valence-corrected chi connectivity index (χ0v) is 16.5. The largest absolute Gasteiger partial charge is 0.309 e. The summed E-state index contributed by atoms with van der Waals surface area (Å²) in [5.74, 6) is -0.0227. The maximum Gasteiger partial charge on any atom is 0.258 e. The number of benzene rings is 2. The zero-order chi connectivity index (χ0) is 19.3. The van der Waals surface area contributed by atoms with Gasteiger partial charge < -0.3 is 4.90 Å². The Morgan fingerprint density at radius 3 is 2.42 bits per heavy atom. The van der Waals surface area contributed by atoms with Crippen molar-refractivity contribution in [3.05, 3.63) is 59.7 Å². The number of hydrogen-bond donors (Lipinski definition) is 1. The van der Waals surface area contributed by atoms with Gasteiger partial charge in [-0.25, -0.2) is 13.1 Å². The molecular formula is C20H26N2O3S. The van der Waals surface area contributed by atoms with Gasteiger partial charge in [-0.15, -0.1) is 0 Å². The third kappa shape index (κ3) is 4.93. The molecule has 0 bridgehead atoms. The molecule has 0 spiro atoms. The van der Waals surface area contributed by atoms with Crippen molar-refractivity contribution >= 4 is 21.6 Å². The van der Waals surface area contributed by atoms with Crippen molar-refractivity contribution in [2.24, 2.45) is 5.92 Å². The van der Waals surface area contributed by atoms with Crippen LogP contribution in [0.5, 0.6) is 0 Å². The van der Waals surface area contributed by atoms with Crippen LogP contribution in [-0.4, -0.2) is 27.4 Å². The molecule has 1 N–H and O–H groups in total. The summed E-state index contributed by atoms with van der Waals surface area (Å²) in [5, 5.41) is 0. The molecule has 0 saturated carbocycles. The van der Waals surface area contributed by atoms with E-state index in [4.69, 9.17) is 0 Å². The van der Waals surface area contributed by atoms with Crippen molar-refractivity contribution in [3.8, 4) is 0 Å². The molecule has 0 radical (unpaired) electrons. The number of nitrogens with one attached hydrogen (secondary N) is 1. The van der Waals surface area contributed by atoms with E-state index in [0.29, 0.717) is 18.7 Å². The second-order valence-corrected chi connectivity index (χ2v) is 8.43. The SMILES string of the molecule is CCN(C(=O)c1cccc(S(=O)(=O)NCC(C)C)c1)c1cccc(C)c1. The summed E-state index contributed by atoms with van der Waals surface area (Å²) in [7, 11) is -3.64. The molecule has 6 heteroatoms. The van der Waals surface area contributed by atoms with E-state index in [1.165, 1.54) is 12.1 Å². The first kappa shape index (κ1) is 20.1. The van der Waals surface area contributed by atoms with Crippen molar-refractivity contribution in [3.63, 3.8) is 0 Å². The highest BCUT2D eigenvalue weighted by Crippen LogP contribution is 2.20. The lowest BCUT2D eigenvalue weighted by Crippen LogP contribution is -2.31. The third-order valence-corrected chi connectivity index (χ3v) is 5.37. The highest BCUT2D eigenvalue weighted by Gasteiger charge is 2.20. The average molecular weight is 375 g/mol. The van der Waals surface area contributed by atoms with Gasteiger partial charge in [-0.2, -0.15) is 0 Å². The van der Waals surface area contributed by atoms with Crippen molar-refractivity contribution in [1.29, 1.82) is 0 Å². The minimum Gasteiger partial charge on any atom is -0.309 e.